The second kappa shape index (κ2) is 5.95. The summed E-state index contributed by atoms with van der Waals surface area (Å²) >= 11 is 0. The van der Waals surface area contributed by atoms with Crippen LogP contribution in [-0.4, -0.2) is 33.4 Å². The van der Waals surface area contributed by atoms with Crippen molar-refractivity contribution in [3.8, 4) is 6.07 Å². The number of aryl methyl sites for hydroxylation is 1. The summed E-state index contributed by atoms with van der Waals surface area (Å²) in [6.45, 7) is 2.79. The molecule has 5 nitrogen and oxygen atoms in total. The van der Waals surface area contributed by atoms with Crippen molar-refractivity contribution in [3.63, 3.8) is 0 Å². The minimum absolute atomic E-state index is 0.0889. The number of rotatable bonds is 1. The number of piperidine rings is 1. The van der Waals surface area contributed by atoms with Crippen LogP contribution in [0.4, 0.5) is 0 Å². The van der Waals surface area contributed by atoms with Crippen molar-refractivity contribution >= 4 is 16.9 Å². The van der Waals surface area contributed by atoms with Gasteiger partial charge in [0.25, 0.3) is 5.91 Å². The summed E-state index contributed by atoms with van der Waals surface area (Å²) in [5.41, 5.74) is 6.81. The normalized spacial score (nSPS) is 21.0. The Morgan fingerprint density at radius 1 is 1.33 bits per heavy atom. The van der Waals surface area contributed by atoms with E-state index in [1.54, 1.807) is 6.33 Å². The largest absolute Gasteiger partial charge is 0.344 e. The minimum atomic E-state index is 0.0889. The fraction of sp³-hybridized carbons (Fsp3) is 0.318. The summed E-state index contributed by atoms with van der Waals surface area (Å²) in [6.07, 6.45) is 4.62. The summed E-state index contributed by atoms with van der Waals surface area (Å²) in [5, 5.41) is 9.23. The molecule has 134 valence electrons. The lowest BCUT2D eigenvalue weighted by atomic mass is 9.87. The number of nitriles is 1. The van der Waals surface area contributed by atoms with Crippen molar-refractivity contribution in [2.24, 2.45) is 0 Å². The van der Waals surface area contributed by atoms with Crippen LogP contribution in [-0.2, 0) is 6.42 Å². The number of nitrogens with zero attached hydrogens (tertiary/aromatic N) is 3. The molecule has 0 unspecified atom stereocenters. The van der Waals surface area contributed by atoms with Gasteiger partial charge in [-0.2, -0.15) is 5.26 Å². The van der Waals surface area contributed by atoms with Gasteiger partial charge in [0.05, 0.1) is 29.0 Å². The Morgan fingerprint density at radius 3 is 3.07 bits per heavy atom. The number of hydrogen-bond acceptors (Lipinski definition) is 3. The molecule has 1 aromatic heterocycles. The number of imidazole rings is 1. The molecule has 2 atom stereocenters. The van der Waals surface area contributed by atoms with Gasteiger partial charge in [0.1, 0.15) is 0 Å². The molecule has 1 saturated heterocycles. The minimum Gasteiger partial charge on any atom is -0.344 e. The number of carbonyl (C=O) groups excluding carboxylic acids is 1. The number of benzene rings is 2. The highest BCUT2D eigenvalue weighted by Gasteiger charge is 2.41. The summed E-state index contributed by atoms with van der Waals surface area (Å²) in [6, 6.07) is 12.3. The van der Waals surface area contributed by atoms with Gasteiger partial charge in [-0.3, -0.25) is 4.79 Å². The summed E-state index contributed by atoms with van der Waals surface area (Å²) in [5.74, 6) is 0.423. The molecule has 5 rings (SSSR count). The first-order valence-corrected chi connectivity index (χ1v) is 9.43. The van der Waals surface area contributed by atoms with Crippen LogP contribution in [0.2, 0.25) is 0 Å². The van der Waals surface area contributed by atoms with Gasteiger partial charge in [-0.15, -0.1) is 0 Å². The first-order valence-electron chi connectivity index (χ1n) is 9.43. The van der Waals surface area contributed by atoms with Crippen molar-refractivity contribution < 1.29 is 4.79 Å². The average Bonchev–Trinajstić information content (AvgIpc) is 3.31. The molecular formula is C22H20N4O. The highest BCUT2D eigenvalue weighted by atomic mass is 16.2. The van der Waals surface area contributed by atoms with E-state index in [-0.39, 0.29) is 11.9 Å². The van der Waals surface area contributed by atoms with Crippen molar-refractivity contribution in [3.05, 3.63) is 64.5 Å². The maximum atomic E-state index is 13.4. The van der Waals surface area contributed by atoms with Crippen LogP contribution in [0.25, 0.3) is 11.0 Å². The Labute approximate surface area is 157 Å². The second-order valence-electron chi connectivity index (χ2n) is 7.63. The van der Waals surface area contributed by atoms with Gasteiger partial charge >= 0.3 is 0 Å². The zero-order valence-corrected chi connectivity index (χ0v) is 15.2. The molecule has 1 N–H and O–H groups in total. The summed E-state index contributed by atoms with van der Waals surface area (Å²) in [4.78, 5) is 22.9. The molecule has 1 aliphatic heterocycles. The zero-order valence-electron chi connectivity index (χ0n) is 15.2. The fourth-order valence-corrected chi connectivity index (χ4v) is 4.86. The maximum absolute atomic E-state index is 13.4. The molecule has 1 fully saturated rings. The molecule has 0 bridgehead atoms. The van der Waals surface area contributed by atoms with Crippen LogP contribution in [0.15, 0.2) is 36.7 Å². The molecule has 0 spiro atoms. The van der Waals surface area contributed by atoms with Gasteiger partial charge < -0.3 is 9.88 Å². The molecule has 3 aromatic rings. The number of carbonyl (C=O) groups is 1. The topological polar surface area (TPSA) is 72.8 Å². The second-order valence-corrected chi connectivity index (χ2v) is 7.63. The smallest absolute Gasteiger partial charge is 0.254 e. The average molecular weight is 356 g/mol. The Balaban J connectivity index is 1.50. The molecule has 1 aliphatic carbocycles. The van der Waals surface area contributed by atoms with E-state index in [4.69, 9.17) is 0 Å². The molecular weight excluding hydrogens is 336 g/mol. The molecule has 2 heterocycles. The van der Waals surface area contributed by atoms with Gasteiger partial charge in [-0.1, -0.05) is 6.07 Å². The van der Waals surface area contributed by atoms with Crippen LogP contribution in [0.3, 0.4) is 0 Å². The zero-order chi connectivity index (χ0) is 18.5. The number of H-pyrrole nitrogens is 1. The predicted octanol–water partition coefficient (Wildman–Crippen LogP) is 3.69. The Morgan fingerprint density at radius 2 is 2.22 bits per heavy atom. The molecule has 0 radical (unpaired) electrons. The van der Waals surface area contributed by atoms with Crippen molar-refractivity contribution in [1.82, 2.24) is 14.9 Å². The third-order valence-corrected chi connectivity index (χ3v) is 6.12. The predicted molar refractivity (Wildman–Crippen MR) is 102 cm³/mol. The van der Waals surface area contributed by atoms with Gasteiger partial charge in [-0.25, -0.2) is 4.98 Å². The lowest BCUT2D eigenvalue weighted by Crippen LogP contribution is -2.46. The van der Waals surface area contributed by atoms with Gasteiger partial charge in [0.2, 0.25) is 0 Å². The third kappa shape index (κ3) is 2.44. The number of aromatic amines is 1. The van der Waals surface area contributed by atoms with E-state index >= 15 is 0 Å². The highest BCUT2D eigenvalue weighted by Crippen LogP contribution is 2.43. The molecule has 0 saturated carbocycles. The quantitative estimate of drug-likeness (QED) is 0.723. The molecule has 27 heavy (non-hydrogen) atoms. The van der Waals surface area contributed by atoms with Crippen LogP contribution >= 0.6 is 0 Å². The number of amides is 1. The van der Waals surface area contributed by atoms with Gasteiger partial charge in [0.15, 0.2) is 0 Å². The Hall–Kier alpha value is -3.13. The summed E-state index contributed by atoms with van der Waals surface area (Å²) in [7, 11) is 0. The first-order chi connectivity index (χ1) is 13.2. The summed E-state index contributed by atoms with van der Waals surface area (Å²) < 4.78 is 0. The van der Waals surface area contributed by atoms with E-state index in [0.717, 1.165) is 42.4 Å². The van der Waals surface area contributed by atoms with Crippen molar-refractivity contribution in [2.45, 2.75) is 38.1 Å². The third-order valence-electron chi connectivity index (χ3n) is 6.12. The van der Waals surface area contributed by atoms with E-state index in [0.29, 0.717) is 17.0 Å². The number of likely N-dealkylation sites (tertiary alicyclic amines) is 1. The number of hydrogen-bond donors (Lipinski definition) is 1. The van der Waals surface area contributed by atoms with Crippen LogP contribution < -0.4 is 0 Å². The van der Waals surface area contributed by atoms with Crippen LogP contribution in [0, 0.1) is 18.3 Å². The van der Waals surface area contributed by atoms with Gasteiger partial charge in [0, 0.05) is 24.1 Å². The standard InChI is InChI=1S/C22H20N4O/c1-13-7-16(9-19-21(13)25-12-24-19)22(27)26-6-2-3-17-18-8-14(11-23)4-5-15(18)10-20(17)26/h4-5,7-9,12,17,20H,2-3,6,10H2,1H3,(H,24,25)/t17-,20+/m1/s1. The Bertz CT molecular complexity index is 1110. The van der Waals surface area contributed by atoms with Crippen LogP contribution in [0.1, 0.15) is 51.4 Å². The number of aromatic nitrogens is 2. The van der Waals surface area contributed by atoms with Crippen molar-refractivity contribution in [1.29, 1.82) is 5.26 Å². The lowest BCUT2D eigenvalue weighted by Gasteiger charge is -2.38. The molecule has 2 aromatic carbocycles. The SMILES string of the molecule is Cc1cc(C(=O)N2CCC[C@@H]3c4cc(C#N)ccc4C[C@@H]32)cc2nc[nH]c12. The molecule has 5 heteroatoms. The lowest BCUT2D eigenvalue weighted by molar-refractivity contribution is 0.0595. The number of nitrogens with one attached hydrogen (secondary N) is 1. The van der Waals surface area contributed by atoms with E-state index in [1.807, 2.05) is 36.1 Å². The Kier molecular flexibility index (Phi) is 3.54. The fourth-order valence-electron chi connectivity index (χ4n) is 4.86. The van der Waals surface area contributed by atoms with Gasteiger partial charge in [-0.05, 0) is 67.1 Å². The van der Waals surface area contributed by atoms with E-state index in [9.17, 15) is 10.1 Å². The monoisotopic (exact) mass is 356 g/mol. The maximum Gasteiger partial charge on any atom is 0.254 e. The molecule has 2 aliphatic rings. The van der Waals surface area contributed by atoms with E-state index in [2.05, 4.69) is 22.1 Å². The van der Waals surface area contributed by atoms with E-state index in [1.165, 1.54) is 11.1 Å². The van der Waals surface area contributed by atoms with Crippen molar-refractivity contribution in [2.75, 3.05) is 6.54 Å². The van der Waals surface area contributed by atoms with Crippen LogP contribution in [0.5, 0.6) is 0 Å². The molecule has 1 amide bonds. The number of fused-ring (bicyclic) bond motifs is 4. The van der Waals surface area contributed by atoms with E-state index < -0.39 is 0 Å². The first kappa shape index (κ1) is 16.1. The highest BCUT2D eigenvalue weighted by molar-refractivity contribution is 5.98.